The highest BCUT2D eigenvalue weighted by Gasteiger charge is 2.27. The van der Waals surface area contributed by atoms with Crippen LogP contribution in [0.2, 0.25) is 0 Å². The Labute approximate surface area is 94.6 Å². The first kappa shape index (κ1) is 11.0. The first-order valence-corrected chi connectivity index (χ1v) is 5.35. The minimum Gasteiger partial charge on any atom is -0.479 e. The van der Waals surface area contributed by atoms with Crippen LogP contribution in [0.3, 0.4) is 0 Å². The predicted molar refractivity (Wildman–Crippen MR) is 58.2 cm³/mol. The molecule has 2 rings (SSSR count). The smallest absolute Gasteiger partial charge is 0.335 e. The van der Waals surface area contributed by atoms with Crippen molar-refractivity contribution in [1.82, 2.24) is 4.98 Å². The number of aliphatic hydroxyl groups excluding tert-OH is 2. The molecule has 0 aliphatic rings. The van der Waals surface area contributed by atoms with Gasteiger partial charge in [-0.15, -0.1) is 11.3 Å². The van der Waals surface area contributed by atoms with Gasteiger partial charge < -0.3 is 15.3 Å². The third-order valence-electron chi connectivity index (χ3n) is 2.12. The summed E-state index contributed by atoms with van der Waals surface area (Å²) in [6.07, 6.45) is -3.34. The number of hydrogen-bond donors (Lipinski definition) is 3. The summed E-state index contributed by atoms with van der Waals surface area (Å²) >= 11 is 1.17. The number of aliphatic carboxylic acids is 1. The number of hydrogen-bond acceptors (Lipinski definition) is 5. The Morgan fingerprint density at radius 2 is 2.00 bits per heavy atom. The zero-order chi connectivity index (χ0) is 11.7. The van der Waals surface area contributed by atoms with Crippen LogP contribution in [0.1, 0.15) is 11.1 Å². The summed E-state index contributed by atoms with van der Waals surface area (Å²) in [6, 6.07) is 7.20. The number of nitrogens with zero attached hydrogens (tertiary/aromatic N) is 1. The highest BCUT2D eigenvalue weighted by atomic mass is 32.1. The van der Waals surface area contributed by atoms with Crippen LogP contribution in [-0.2, 0) is 4.79 Å². The molecular formula is C10H9NO4S. The maximum atomic E-state index is 10.5. The Hall–Kier alpha value is -1.50. The zero-order valence-electron chi connectivity index (χ0n) is 8.07. The van der Waals surface area contributed by atoms with E-state index in [9.17, 15) is 15.0 Å². The summed E-state index contributed by atoms with van der Waals surface area (Å²) in [6.45, 7) is 0. The van der Waals surface area contributed by atoms with Crippen LogP contribution in [-0.4, -0.2) is 32.4 Å². The van der Waals surface area contributed by atoms with Gasteiger partial charge in [-0.1, -0.05) is 12.1 Å². The normalized spacial score (nSPS) is 14.9. The number of aliphatic hydroxyl groups is 2. The van der Waals surface area contributed by atoms with Gasteiger partial charge in [0.1, 0.15) is 11.1 Å². The number of carbonyl (C=O) groups is 1. The van der Waals surface area contributed by atoms with Crippen molar-refractivity contribution in [3.05, 3.63) is 29.3 Å². The van der Waals surface area contributed by atoms with E-state index in [1.54, 1.807) is 12.1 Å². The molecule has 0 spiro atoms. The van der Waals surface area contributed by atoms with Crippen molar-refractivity contribution >= 4 is 27.5 Å². The quantitative estimate of drug-likeness (QED) is 0.736. The molecule has 0 saturated carbocycles. The number of carboxylic acid groups (broad SMARTS) is 1. The molecule has 3 N–H and O–H groups in total. The predicted octanol–water partition coefficient (Wildman–Crippen LogP) is 0.775. The minimum absolute atomic E-state index is 0.205. The first-order valence-electron chi connectivity index (χ1n) is 4.54. The third kappa shape index (κ3) is 1.90. The lowest BCUT2D eigenvalue weighted by Crippen LogP contribution is -2.27. The molecule has 6 heteroatoms. The largest absolute Gasteiger partial charge is 0.479 e. The maximum absolute atomic E-state index is 10.5. The van der Waals surface area contributed by atoms with Gasteiger partial charge in [0.2, 0.25) is 0 Å². The van der Waals surface area contributed by atoms with Crippen molar-refractivity contribution in [3.8, 4) is 0 Å². The van der Waals surface area contributed by atoms with Crippen LogP contribution >= 0.6 is 11.3 Å². The van der Waals surface area contributed by atoms with E-state index in [1.807, 2.05) is 12.1 Å². The average molecular weight is 239 g/mol. The molecule has 0 amide bonds. The molecule has 0 aliphatic heterocycles. The van der Waals surface area contributed by atoms with Gasteiger partial charge in [-0.05, 0) is 12.1 Å². The van der Waals surface area contributed by atoms with Gasteiger partial charge in [0, 0.05) is 0 Å². The summed E-state index contributed by atoms with van der Waals surface area (Å²) in [7, 11) is 0. The fraction of sp³-hybridized carbons (Fsp3) is 0.200. The van der Waals surface area contributed by atoms with Crippen molar-refractivity contribution in [3.63, 3.8) is 0 Å². The van der Waals surface area contributed by atoms with Crippen LogP contribution in [0.5, 0.6) is 0 Å². The van der Waals surface area contributed by atoms with Crippen LogP contribution in [0.4, 0.5) is 0 Å². The van der Waals surface area contributed by atoms with Gasteiger partial charge in [0.25, 0.3) is 0 Å². The monoisotopic (exact) mass is 239 g/mol. The molecule has 0 aliphatic carbocycles. The Morgan fingerprint density at radius 3 is 2.62 bits per heavy atom. The van der Waals surface area contributed by atoms with E-state index < -0.39 is 18.2 Å². The van der Waals surface area contributed by atoms with Crippen molar-refractivity contribution in [2.24, 2.45) is 0 Å². The highest BCUT2D eigenvalue weighted by molar-refractivity contribution is 7.18. The van der Waals surface area contributed by atoms with Crippen LogP contribution in [0.25, 0.3) is 10.2 Å². The van der Waals surface area contributed by atoms with E-state index in [1.165, 1.54) is 11.3 Å². The topological polar surface area (TPSA) is 90.7 Å². The zero-order valence-corrected chi connectivity index (χ0v) is 8.89. The SMILES string of the molecule is O=C(O)[C@@H](O)[C@H](O)c1nc2ccccc2s1. The minimum atomic E-state index is -1.85. The van der Waals surface area contributed by atoms with Crippen LogP contribution < -0.4 is 0 Å². The summed E-state index contributed by atoms with van der Waals surface area (Å²) in [5.74, 6) is -1.47. The number of para-hydroxylation sites is 1. The van der Waals surface area contributed by atoms with E-state index in [-0.39, 0.29) is 5.01 Å². The van der Waals surface area contributed by atoms with Crippen molar-refractivity contribution in [2.75, 3.05) is 0 Å². The molecule has 84 valence electrons. The summed E-state index contributed by atoms with van der Waals surface area (Å²) in [5.41, 5.74) is 0.680. The van der Waals surface area contributed by atoms with E-state index in [0.29, 0.717) is 5.52 Å². The summed E-state index contributed by atoms with van der Waals surface area (Å²) in [5, 5.41) is 27.5. The molecule has 5 nitrogen and oxygen atoms in total. The first-order chi connectivity index (χ1) is 7.59. The number of carboxylic acids is 1. The van der Waals surface area contributed by atoms with Crippen molar-refractivity contribution in [1.29, 1.82) is 0 Å². The van der Waals surface area contributed by atoms with Gasteiger partial charge in [0.05, 0.1) is 10.2 Å². The van der Waals surface area contributed by atoms with Gasteiger partial charge >= 0.3 is 5.97 Å². The highest BCUT2D eigenvalue weighted by Crippen LogP contribution is 2.27. The van der Waals surface area contributed by atoms with Gasteiger partial charge in [-0.3, -0.25) is 0 Å². The molecular weight excluding hydrogens is 230 g/mol. The second-order valence-electron chi connectivity index (χ2n) is 3.25. The molecule has 2 atom stereocenters. The maximum Gasteiger partial charge on any atom is 0.335 e. The molecule has 0 fully saturated rings. The lowest BCUT2D eigenvalue weighted by Gasteiger charge is -2.10. The van der Waals surface area contributed by atoms with Gasteiger partial charge in [-0.25, -0.2) is 9.78 Å². The molecule has 1 heterocycles. The third-order valence-corrected chi connectivity index (χ3v) is 3.22. The summed E-state index contributed by atoms with van der Waals surface area (Å²) in [4.78, 5) is 14.6. The van der Waals surface area contributed by atoms with E-state index in [0.717, 1.165) is 4.70 Å². The molecule has 0 bridgehead atoms. The van der Waals surface area contributed by atoms with E-state index in [2.05, 4.69) is 4.98 Å². The van der Waals surface area contributed by atoms with Crippen LogP contribution in [0, 0.1) is 0 Å². The molecule has 0 saturated heterocycles. The molecule has 2 aromatic rings. The Kier molecular flexibility index (Phi) is 2.86. The molecule has 1 aromatic heterocycles. The Balaban J connectivity index is 2.36. The van der Waals surface area contributed by atoms with Gasteiger partial charge in [0.15, 0.2) is 6.10 Å². The number of thiazole rings is 1. The second kappa shape index (κ2) is 4.17. The average Bonchev–Trinajstić information content (AvgIpc) is 2.70. The van der Waals surface area contributed by atoms with Gasteiger partial charge in [-0.2, -0.15) is 0 Å². The number of benzene rings is 1. The van der Waals surface area contributed by atoms with E-state index >= 15 is 0 Å². The Morgan fingerprint density at radius 1 is 1.31 bits per heavy atom. The number of fused-ring (bicyclic) bond motifs is 1. The second-order valence-corrected chi connectivity index (χ2v) is 4.31. The number of aromatic nitrogens is 1. The molecule has 16 heavy (non-hydrogen) atoms. The fourth-order valence-corrected chi connectivity index (χ4v) is 2.27. The number of rotatable bonds is 3. The molecule has 0 unspecified atom stereocenters. The van der Waals surface area contributed by atoms with Crippen molar-refractivity contribution in [2.45, 2.75) is 12.2 Å². The summed E-state index contributed by atoms with van der Waals surface area (Å²) < 4.78 is 0.842. The lowest BCUT2D eigenvalue weighted by molar-refractivity contribution is -0.153. The lowest BCUT2D eigenvalue weighted by atomic mass is 10.2. The Bertz CT molecular complexity index is 491. The fourth-order valence-electron chi connectivity index (χ4n) is 1.29. The van der Waals surface area contributed by atoms with Crippen LogP contribution in [0.15, 0.2) is 24.3 Å². The standard InChI is InChI=1S/C10H9NO4S/c12-7(8(13)10(14)15)9-11-5-3-1-2-4-6(5)16-9/h1-4,7-8,12-13H,(H,14,15)/t7-,8-/m0/s1. The van der Waals surface area contributed by atoms with E-state index in [4.69, 9.17) is 5.11 Å². The molecule has 1 aromatic carbocycles. The van der Waals surface area contributed by atoms with Crippen molar-refractivity contribution < 1.29 is 20.1 Å². The molecule has 0 radical (unpaired) electrons.